The lowest BCUT2D eigenvalue weighted by atomic mass is 9.92. The molecule has 0 atom stereocenters. The number of aliphatic hydroxyl groups excluding tert-OH is 1. The molecule has 1 aromatic carbocycles. The third-order valence-corrected chi connectivity index (χ3v) is 6.49. The maximum absolute atomic E-state index is 13.2. The predicted molar refractivity (Wildman–Crippen MR) is 119 cm³/mol. The maximum Gasteiger partial charge on any atom is 0.261 e. The average Bonchev–Trinajstić information content (AvgIpc) is 3.42. The Hall–Kier alpha value is -3.17. The number of aromatic nitrogens is 3. The molecule has 3 aromatic rings. The number of aliphatic hydroxyl groups is 1. The summed E-state index contributed by atoms with van der Waals surface area (Å²) >= 11 is 0. The number of carbonyl (C=O) groups excluding carboxylic acids is 1. The van der Waals surface area contributed by atoms with E-state index in [9.17, 15) is 15.0 Å². The SMILES string of the molecule is O=C(Nc1cc(CC2(CCO)CC2)c(O)cc1N1CCOCC1)c1cnn2cccnc12. The van der Waals surface area contributed by atoms with E-state index in [1.54, 1.807) is 29.0 Å². The summed E-state index contributed by atoms with van der Waals surface area (Å²) in [7, 11) is 0. The summed E-state index contributed by atoms with van der Waals surface area (Å²) in [6.45, 7) is 2.67. The second kappa shape index (κ2) is 8.40. The summed E-state index contributed by atoms with van der Waals surface area (Å²) in [5, 5.41) is 27.5. The summed E-state index contributed by atoms with van der Waals surface area (Å²) < 4.78 is 7.03. The van der Waals surface area contributed by atoms with E-state index in [1.165, 1.54) is 6.20 Å². The molecule has 1 aliphatic carbocycles. The van der Waals surface area contributed by atoms with Gasteiger partial charge >= 0.3 is 0 Å². The summed E-state index contributed by atoms with van der Waals surface area (Å²) in [5.41, 5.74) is 3.09. The molecule has 9 nitrogen and oxygen atoms in total. The third-order valence-electron chi connectivity index (χ3n) is 6.49. The Balaban J connectivity index is 1.49. The predicted octanol–water partition coefficient (Wildman–Crippen LogP) is 2.23. The Labute approximate surface area is 185 Å². The van der Waals surface area contributed by atoms with Gasteiger partial charge in [0, 0.05) is 38.2 Å². The van der Waals surface area contributed by atoms with Gasteiger partial charge < -0.3 is 25.2 Å². The number of ether oxygens (including phenoxy) is 1. The van der Waals surface area contributed by atoms with Crippen molar-refractivity contribution in [2.45, 2.75) is 25.7 Å². The van der Waals surface area contributed by atoms with Gasteiger partial charge in [-0.05, 0) is 48.8 Å². The van der Waals surface area contributed by atoms with Gasteiger partial charge in [0.05, 0.1) is 30.8 Å². The first-order chi connectivity index (χ1) is 15.6. The van der Waals surface area contributed by atoms with Crippen molar-refractivity contribution in [1.82, 2.24) is 14.6 Å². The van der Waals surface area contributed by atoms with E-state index < -0.39 is 0 Å². The molecular weight excluding hydrogens is 410 g/mol. The zero-order valence-electron chi connectivity index (χ0n) is 17.8. The maximum atomic E-state index is 13.2. The van der Waals surface area contributed by atoms with Crippen LogP contribution >= 0.6 is 0 Å². The van der Waals surface area contributed by atoms with Crippen molar-refractivity contribution < 1.29 is 19.7 Å². The number of aromatic hydroxyl groups is 1. The minimum absolute atomic E-state index is 0.0420. The number of benzene rings is 1. The van der Waals surface area contributed by atoms with Crippen LogP contribution in [0.15, 0.2) is 36.8 Å². The van der Waals surface area contributed by atoms with Crippen LogP contribution in [0.5, 0.6) is 5.75 Å². The van der Waals surface area contributed by atoms with Crippen LogP contribution in [0.3, 0.4) is 0 Å². The van der Waals surface area contributed by atoms with Gasteiger partial charge in [-0.25, -0.2) is 9.50 Å². The van der Waals surface area contributed by atoms with Gasteiger partial charge in [-0.15, -0.1) is 0 Å². The number of anilines is 2. The van der Waals surface area contributed by atoms with E-state index in [1.807, 2.05) is 6.07 Å². The molecule has 5 rings (SSSR count). The zero-order chi connectivity index (χ0) is 22.1. The van der Waals surface area contributed by atoms with Gasteiger partial charge in [-0.1, -0.05) is 0 Å². The van der Waals surface area contributed by atoms with Crippen LogP contribution in [-0.2, 0) is 11.2 Å². The molecule has 0 bridgehead atoms. The van der Waals surface area contributed by atoms with Crippen molar-refractivity contribution in [2.75, 3.05) is 43.1 Å². The molecular formula is C23H27N5O4. The smallest absolute Gasteiger partial charge is 0.261 e. The van der Waals surface area contributed by atoms with Crippen LogP contribution in [-0.4, -0.2) is 63.6 Å². The number of nitrogens with one attached hydrogen (secondary N) is 1. The minimum atomic E-state index is -0.304. The molecule has 3 N–H and O–H groups in total. The fraction of sp³-hybridized carbons (Fsp3) is 0.435. The van der Waals surface area contributed by atoms with Crippen molar-refractivity contribution in [3.8, 4) is 5.75 Å². The largest absolute Gasteiger partial charge is 0.508 e. The zero-order valence-corrected chi connectivity index (χ0v) is 17.8. The van der Waals surface area contributed by atoms with Crippen molar-refractivity contribution in [3.05, 3.63) is 47.9 Å². The van der Waals surface area contributed by atoms with E-state index in [2.05, 4.69) is 20.3 Å². The molecule has 32 heavy (non-hydrogen) atoms. The van der Waals surface area contributed by atoms with E-state index >= 15 is 0 Å². The Morgan fingerprint density at radius 3 is 2.81 bits per heavy atom. The molecule has 3 heterocycles. The number of nitrogens with zero attached hydrogens (tertiary/aromatic N) is 4. The van der Waals surface area contributed by atoms with Crippen LogP contribution < -0.4 is 10.2 Å². The second-order valence-corrected chi connectivity index (χ2v) is 8.65. The Kier molecular flexibility index (Phi) is 5.44. The van der Waals surface area contributed by atoms with Gasteiger partial charge in [-0.2, -0.15) is 5.10 Å². The average molecular weight is 438 g/mol. The van der Waals surface area contributed by atoms with Gasteiger partial charge in [0.15, 0.2) is 5.65 Å². The van der Waals surface area contributed by atoms with Crippen molar-refractivity contribution in [1.29, 1.82) is 0 Å². The minimum Gasteiger partial charge on any atom is -0.508 e. The molecule has 1 saturated heterocycles. The quantitative estimate of drug-likeness (QED) is 0.486. The number of fused-ring (bicyclic) bond motifs is 1. The fourth-order valence-corrected chi connectivity index (χ4v) is 4.44. The Morgan fingerprint density at radius 2 is 2.06 bits per heavy atom. The number of amides is 1. The van der Waals surface area contributed by atoms with E-state index in [0.717, 1.165) is 24.1 Å². The molecule has 2 aromatic heterocycles. The topological polar surface area (TPSA) is 112 Å². The molecule has 2 fully saturated rings. The van der Waals surface area contributed by atoms with Crippen molar-refractivity contribution in [2.24, 2.45) is 5.41 Å². The lowest BCUT2D eigenvalue weighted by Crippen LogP contribution is -2.36. The molecule has 9 heteroatoms. The highest BCUT2D eigenvalue weighted by atomic mass is 16.5. The van der Waals surface area contributed by atoms with Crippen LogP contribution in [0.2, 0.25) is 0 Å². The normalized spacial score (nSPS) is 17.5. The van der Waals surface area contributed by atoms with Crippen molar-refractivity contribution >= 4 is 22.9 Å². The molecule has 1 saturated carbocycles. The molecule has 168 valence electrons. The van der Waals surface area contributed by atoms with Gasteiger partial charge in [0.2, 0.25) is 0 Å². The lowest BCUT2D eigenvalue weighted by Gasteiger charge is -2.31. The highest BCUT2D eigenvalue weighted by Crippen LogP contribution is 2.52. The number of rotatable bonds is 7. The molecule has 0 radical (unpaired) electrons. The molecule has 0 unspecified atom stereocenters. The van der Waals surface area contributed by atoms with Gasteiger partial charge in [-0.3, -0.25) is 4.79 Å². The summed E-state index contributed by atoms with van der Waals surface area (Å²) in [6.07, 6.45) is 8.34. The van der Waals surface area contributed by atoms with Crippen LogP contribution in [0.1, 0.15) is 35.2 Å². The number of carbonyl (C=O) groups is 1. The second-order valence-electron chi connectivity index (χ2n) is 8.65. The van der Waals surface area contributed by atoms with Gasteiger partial charge in [0.1, 0.15) is 11.3 Å². The highest BCUT2D eigenvalue weighted by molar-refractivity contribution is 6.09. The fourth-order valence-electron chi connectivity index (χ4n) is 4.44. The summed E-state index contributed by atoms with van der Waals surface area (Å²) in [4.78, 5) is 19.6. The first kappa shape index (κ1) is 20.7. The number of phenols is 1. The number of hydrogen-bond donors (Lipinski definition) is 3. The first-order valence-electron chi connectivity index (χ1n) is 11.0. The third kappa shape index (κ3) is 4.01. The van der Waals surface area contributed by atoms with E-state index in [0.29, 0.717) is 56.0 Å². The number of morpholine rings is 1. The van der Waals surface area contributed by atoms with Crippen LogP contribution in [0, 0.1) is 5.41 Å². The molecule has 2 aliphatic rings. The standard InChI is InChI=1S/C23H27N5O4/c29-9-4-23(2-3-23)14-16-12-18(19(13-20(16)30)27-7-10-32-11-8-27)26-22(31)17-15-25-28-6-1-5-24-21(17)28/h1,5-6,12-13,15,29-30H,2-4,7-11,14H2,(H,26,31). The number of phenolic OH excluding ortho intramolecular Hbond substituents is 1. The molecule has 1 amide bonds. The van der Waals surface area contributed by atoms with Gasteiger partial charge in [0.25, 0.3) is 5.91 Å². The summed E-state index contributed by atoms with van der Waals surface area (Å²) in [6, 6.07) is 5.36. The van der Waals surface area contributed by atoms with Crippen LogP contribution in [0.25, 0.3) is 5.65 Å². The monoisotopic (exact) mass is 437 g/mol. The molecule has 1 aliphatic heterocycles. The van der Waals surface area contributed by atoms with E-state index in [-0.39, 0.29) is 23.7 Å². The molecule has 0 spiro atoms. The Morgan fingerprint density at radius 1 is 1.25 bits per heavy atom. The summed E-state index contributed by atoms with van der Waals surface area (Å²) in [5.74, 6) is -0.0901. The number of hydrogen-bond acceptors (Lipinski definition) is 7. The Bertz CT molecular complexity index is 1130. The van der Waals surface area contributed by atoms with Crippen LogP contribution in [0.4, 0.5) is 11.4 Å². The van der Waals surface area contributed by atoms with E-state index in [4.69, 9.17) is 4.74 Å². The highest BCUT2D eigenvalue weighted by Gasteiger charge is 2.42. The first-order valence-corrected chi connectivity index (χ1v) is 11.0. The lowest BCUT2D eigenvalue weighted by molar-refractivity contribution is 0.102. The van der Waals surface area contributed by atoms with Crippen molar-refractivity contribution in [3.63, 3.8) is 0 Å².